The number of hydrogen-bond donors (Lipinski definition) is 15. The minimum atomic E-state index is -5.04. The first-order valence-corrected chi connectivity index (χ1v) is 32.7. The third-order valence-electron chi connectivity index (χ3n) is 21.8. The molecule has 7 heterocycles. The molecule has 6 aliphatic heterocycles. The summed E-state index contributed by atoms with van der Waals surface area (Å²) in [5.74, 6) is -6.18. The minimum Gasteiger partial charge on any atom is -0.394 e. The van der Waals surface area contributed by atoms with Gasteiger partial charge in [0.25, 0.3) is 0 Å². The highest BCUT2D eigenvalue weighted by Gasteiger charge is 2.68. The van der Waals surface area contributed by atoms with Crippen LogP contribution >= 0.6 is 7.82 Å². The number of imidazole rings is 1. The Morgan fingerprint density at radius 1 is 0.733 bits per heavy atom. The first kappa shape index (κ1) is 69.4. The van der Waals surface area contributed by atoms with E-state index in [9.17, 15) is 53.2 Å². The summed E-state index contributed by atoms with van der Waals surface area (Å²) in [6, 6.07) is 1.26. The Morgan fingerprint density at radius 3 is 1.90 bits per heavy atom. The molecule has 7 amide bonds. The van der Waals surface area contributed by atoms with Crippen LogP contribution in [0.5, 0.6) is 0 Å². The number of carbonyl (C=O) groups excluding carboxylic acids is 7. The van der Waals surface area contributed by atoms with Gasteiger partial charge in [-0.05, 0) is 125 Å². The topological polar surface area (TPSA) is 461 Å². The standard InChI is InChI=1S/C62H96N13O14P/c1-29-20-39-40(21-30(29)2)75(28-70-39)57-52(84)53(41(27-76)87-57)89-90(85,86)88-31(3)26-69-49(83)18-19-59(8)37(22-46(66)80)56-62(11)61(10,25-48(68)82)36(14-17-45(65)79)51(74-62)33(5)55-60(9,24-47(67)81)34(12-15-43(63)77)38(71-55)23-42-58(6,7)35(13-16-44(64)78)50(72-42)32(4)54(59)73-56/h20-21,23,28,31,34-38,41,50-53,56-57,71-74,76,84H,12-19,22,24-27H2,1-11H3,(H14,63,64,65,66,67,68,69,77,78,79,80,81,82,83,85,86)/p+1/b42-23-,54-32-,55-33-/t31-,34-,35-,36-,37+,38?,41-,50?,51?,52-,53-,56?,57+,59-,60+,61+,62+/m1/s1. The molecule has 1 aromatic heterocycles. The van der Waals surface area contributed by atoms with E-state index in [0.29, 0.717) is 23.3 Å². The van der Waals surface area contributed by atoms with Crippen LogP contribution in [0.3, 0.4) is 0 Å². The molecule has 498 valence electrons. The van der Waals surface area contributed by atoms with Crippen LogP contribution in [-0.2, 0) is 51.9 Å². The third kappa shape index (κ3) is 13.2. The van der Waals surface area contributed by atoms with Crippen molar-refractivity contribution in [3.8, 4) is 0 Å². The second-order valence-electron chi connectivity index (χ2n) is 27.9. The number of nitrogens with two attached hydrogens (primary N) is 6. The molecule has 0 aliphatic carbocycles. The molecule has 5 unspecified atom stereocenters. The van der Waals surface area contributed by atoms with Crippen LogP contribution in [0, 0.1) is 59.2 Å². The molecule has 18 atom stereocenters. The molecule has 0 saturated carbocycles. The first-order chi connectivity index (χ1) is 41.8. The van der Waals surface area contributed by atoms with Gasteiger partial charge in [-0.15, -0.1) is 0 Å². The molecular weight excluding hydrogens is 1180 g/mol. The molecule has 0 spiro atoms. The summed E-state index contributed by atoms with van der Waals surface area (Å²) in [6.07, 6.45) is -2.93. The number of fused-ring (bicyclic) bond motifs is 10. The molecule has 90 heavy (non-hydrogen) atoms. The Bertz CT molecular complexity index is 3330. The maximum Gasteiger partial charge on any atom is 0.472 e. The zero-order valence-electron chi connectivity index (χ0n) is 53.7. The van der Waals surface area contributed by atoms with Crippen molar-refractivity contribution in [1.29, 1.82) is 0 Å². The predicted octanol–water partition coefficient (Wildman–Crippen LogP) is 1.13. The lowest BCUT2D eigenvalue weighted by atomic mass is 9.56. The van der Waals surface area contributed by atoms with Crippen LogP contribution in [0.4, 0.5) is 0 Å². The molecular formula is C62H97N13O14P+. The number of nitrogens with zero attached hydrogens (tertiary/aromatic N) is 1. The number of phosphoric acid groups is 1. The van der Waals surface area contributed by atoms with E-state index in [-0.39, 0.29) is 76.7 Å². The lowest BCUT2D eigenvalue weighted by molar-refractivity contribution is -0.743. The van der Waals surface area contributed by atoms with Crippen molar-refractivity contribution in [3.63, 3.8) is 0 Å². The maximum atomic E-state index is 14.4. The van der Waals surface area contributed by atoms with Crippen molar-refractivity contribution < 1.29 is 71.6 Å². The number of amides is 7. The number of primary amides is 6. The molecule has 28 heteroatoms. The van der Waals surface area contributed by atoms with Crippen LogP contribution in [0.1, 0.15) is 150 Å². The van der Waals surface area contributed by atoms with E-state index in [4.69, 9.17) is 48.2 Å². The Balaban J connectivity index is 1.18. The number of aryl methyl sites for hydroxylation is 2. The van der Waals surface area contributed by atoms with Crippen LogP contribution in [0.25, 0.3) is 11.0 Å². The fourth-order valence-electron chi connectivity index (χ4n) is 16.7. The van der Waals surface area contributed by atoms with E-state index in [1.54, 1.807) is 10.9 Å². The highest BCUT2D eigenvalue weighted by Crippen LogP contribution is 2.62. The van der Waals surface area contributed by atoms with E-state index >= 15 is 0 Å². The zero-order chi connectivity index (χ0) is 66.7. The van der Waals surface area contributed by atoms with E-state index in [1.165, 1.54) is 6.92 Å². The molecule has 1 aromatic carbocycles. The summed E-state index contributed by atoms with van der Waals surface area (Å²) in [7, 11) is -5.04. The molecule has 5 fully saturated rings. The Hall–Kier alpha value is -6.45. The van der Waals surface area contributed by atoms with Crippen LogP contribution in [-0.4, -0.2) is 129 Å². The average Bonchev–Trinajstić information content (AvgIpc) is 1.53. The lowest BCUT2D eigenvalue weighted by Gasteiger charge is -2.49. The summed E-state index contributed by atoms with van der Waals surface area (Å²) in [6.45, 7) is 20.1. The van der Waals surface area contributed by atoms with Crippen molar-refractivity contribution in [2.75, 3.05) is 13.2 Å². The number of allylic oxidation sites excluding steroid dienone is 3. The number of ether oxygens (including phenoxy) is 1. The van der Waals surface area contributed by atoms with Gasteiger partial charge in [0.15, 0.2) is 11.0 Å². The number of aromatic nitrogens is 2. The van der Waals surface area contributed by atoms with E-state index < -0.39 is 156 Å². The Morgan fingerprint density at radius 2 is 1.31 bits per heavy atom. The van der Waals surface area contributed by atoms with Crippen LogP contribution in [0.2, 0.25) is 0 Å². The second-order valence-corrected chi connectivity index (χ2v) is 29.3. The summed E-state index contributed by atoms with van der Waals surface area (Å²) >= 11 is 0. The molecule has 6 aliphatic rings. The van der Waals surface area contributed by atoms with Gasteiger partial charge >= 0.3 is 7.82 Å². The van der Waals surface area contributed by atoms with Gasteiger partial charge in [0, 0.05) is 120 Å². The van der Waals surface area contributed by atoms with Gasteiger partial charge < -0.3 is 80.8 Å². The third-order valence-corrected chi connectivity index (χ3v) is 22.9. The second kappa shape index (κ2) is 25.9. The molecule has 8 rings (SSSR count). The smallest absolute Gasteiger partial charge is 0.394 e. The number of hydrogen-bond acceptors (Lipinski definition) is 17. The highest BCUT2D eigenvalue weighted by atomic mass is 31.2. The fraction of sp³-hybridized carbons (Fsp3) is 0.677. The monoisotopic (exact) mass is 1280 g/mol. The van der Waals surface area contributed by atoms with Gasteiger partial charge in [-0.25, -0.2) is 9.55 Å². The Labute approximate surface area is 525 Å². The van der Waals surface area contributed by atoms with Crippen molar-refractivity contribution in [1.82, 2.24) is 31.6 Å². The number of benzene rings is 1. The number of aliphatic hydroxyl groups is 2. The highest BCUT2D eigenvalue weighted by molar-refractivity contribution is 7.47. The van der Waals surface area contributed by atoms with Crippen LogP contribution in [0.15, 0.2) is 52.8 Å². The number of aromatic amines is 1. The van der Waals surface area contributed by atoms with Crippen molar-refractivity contribution in [3.05, 3.63) is 63.9 Å². The van der Waals surface area contributed by atoms with Crippen molar-refractivity contribution in [2.24, 2.45) is 79.7 Å². The first-order valence-electron chi connectivity index (χ1n) is 31.2. The quantitative estimate of drug-likeness (QED) is 0.0464. The normalized spacial score (nSPS) is 36.7. The van der Waals surface area contributed by atoms with Gasteiger partial charge in [-0.1, -0.05) is 34.6 Å². The minimum absolute atomic E-state index is 0.0176. The maximum absolute atomic E-state index is 14.4. The van der Waals surface area contributed by atoms with Gasteiger partial charge in [-0.3, -0.25) is 42.6 Å². The van der Waals surface area contributed by atoms with Gasteiger partial charge in [0.2, 0.25) is 53.9 Å². The summed E-state index contributed by atoms with van der Waals surface area (Å²) < 4.78 is 32.4. The number of H-pyrrole nitrogens is 1. The molecule has 8 bridgehead atoms. The molecule has 2 aromatic rings. The number of rotatable bonds is 26. The summed E-state index contributed by atoms with van der Waals surface area (Å²) in [5.41, 5.74) is 38.1. The van der Waals surface area contributed by atoms with Crippen LogP contribution < -0.4 is 65.6 Å². The van der Waals surface area contributed by atoms with Crippen molar-refractivity contribution in [2.45, 2.75) is 207 Å². The number of nitrogens with one attached hydrogen (secondary N) is 6. The van der Waals surface area contributed by atoms with E-state index in [2.05, 4.69) is 51.5 Å². The number of aliphatic hydroxyl groups excluding tert-OH is 2. The van der Waals surface area contributed by atoms with Gasteiger partial charge in [0.05, 0.1) is 18.8 Å². The molecule has 0 radical (unpaired) electrons. The SMILES string of the molecule is C/C1=C2/NC([C@H](CC(N)=O)[C@@]2(C)CCC(=O)NC[C@@H](C)OP(=O)(O)O[C@H]2[C@@H](O)[C@@H]([n+]3c[nH]c4cc(C)c(C)cc43)O[C@@H]2CO)[C@]2(C)NC(/C(C)=C3\NC(/C=C4\NC1[C@@H](CCC(N)=O)C4(C)C)[C@@H](CCC(N)=O)[C@]3(C)CC(N)=O)[C@@H](CCC(N)=O)[C@]2(C)CC(N)=O. The number of phosphoric ester groups is 1. The predicted molar refractivity (Wildman–Crippen MR) is 331 cm³/mol. The van der Waals surface area contributed by atoms with E-state index in [0.717, 1.165) is 33.5 Å². The summed E-state index contributed by atoms with van der Waals surface area (Å²) in [5, 5.41) is 40.2. The largest absolute Gasteiger partial charge is 0.472 e. The summed E-state index contributed by atoms with van der Waals surface area (Å²) in [4.78, 5) is 108. The average molecular weight is 1280 g/mol. The van der Waals surface area contributed by atoms with Gasteiger partial charge in [-0.2, -0.15) is 4.57 Å². The molecule has 27 nitrogen and oxygen atoms in total. The zero-order valence-corrected chi connectivity index (χ0v) is 54.6. The van der Waals surface area contributed by atoms with Crippen molar-refractivity contribution >= 4 is 60.2 Å². The molecule has 5 saturated heterocycles. The van der Waals surface area contributed by atoms with E-state index in [1.807, 2.05) is 67.5 Å². The molecule has 21 N–H and O–H groups in total. The fourth-order valence-corrected chi connectivity index (χ4v) is 17.9. The van der Waals surface area contributed by atoms with Gasteiger partial charge in [0.1, 0.15) is 18.3 Å². The number of carbonyl (C=O) groups is 7. The lowest BCUT2D eigenvalue weighted by Crippen LogP contribution is -2.64. The Kier molecular flexibility index (Phi) is 20.0.